The van der Waals surface area contributed by atoms with Crippen LogP contribution in [0.3, 0.4) is 0 Å². The number of nitrogens with zero attached hydrogens (tertiary/aromatic N) is 1. The fourth-order valence-corrected chi connectivity index (χ4v) is 5.24. The molecule has 144 valence electrons. The van der Waals surface area contributed by atoms with Crippen LogP contribution in [-0.4, -0.2) is 38.0 Å². The number of hydrogen-bond acceptors (Lipinski definition) is 3. The normalized spacial score (nSPS) is 24.1. The summed E-state index contributed by atoms with van der Waals surface area (Å²) in [5.41, 5.74) is 1.16. The van der Waals surface area contributed by atoms with Gasteiger partial charge in [-0.3, -0.25) is 4.79 Å². The van der Waals surface area contributed by atoms with Crippen LogP contribution in [0.5, 0.6) is 0 Å². The van der Waals surface area contributed by atoms with Crippen LogP contribution in [0.15, 0.2) is 30.3 Å². The first-order chi connectivity index (χ1) is 12.4. The van der Waals surface area contributed by atoms with Gasteiger partial charge in [0.25, 0.3) is 0 Å². The van der Waals surface area contributed by atoms with Crippen LogP contribution in [0.25, 0.3) is 0 Å². The van der Waals surface area contributed by atoms with Crippen LogP contribution in [0.4, 0.5) is 0 Å². The Bertz CT molecular complexity index is 699. The zero-order valence-corrected chi connectivity index (χ0v) is 16.4. The molecule has 1 aliphatic carbocycles. The van der Waals surface area contributed by atoms with E-state index >= 15 is 0 Å². The molecular weight excluding hydrogens is 348 g/mol. The van der Waals surface area contributed by atoms with Crippen molar-refractivity contribution in [3.63, 3.8) is 0 Å². The van der Waals surface area contributed by atoms with Crippen molar-refractivity contribution in [1.82, 2.24) is 9.62 Å². The van der Waals surface area contributed by atoms with Gasteiger partial charge in [0.2, 0.25) is 15.9 Å². The minimum atomic E-state index is -3.24. The van der Waals surface area contributed by atoms with Crippen LogP contribution in [0, 0.1) is 11.8 Å². The molecule has 5 nitrogen and oxygen atoms in total. The second kappa shape index (κ2) is 8.53. The number of carbonyl (C=O) groups is 1. The lowest BCUT2D eigenvalue weighted by molar-refractivity contribution is -0.127. The Morgan fingerprint density at radius 3 is 2.42 bits per heavy atom. The molecule has 1 saturated heterocycles. The lowest BCUT2D eigenvalue weighted by Crippen LogP contribution is -2.46. The molecule has 2 atom stereocenters. The highest BCUT2D eigenvalue weighted by Gasteiger charge is 2.33. The zero-order valence-electron chi connectivity index (χ0n) is 15.6. The fraction of sp³-hybridized carbons (Fsp3) is 0.650. The van der Waals surface area contributed by atoms with Crippen molar-refractivity contribution in [3.05, 3.63) is 35.9 Å². The van der Waals surface area contributed by atoms with Crippen molar-refractivity contribution in [1.29, 1.82) is 0 Å². The summed E-state index contributed by atoms with van der Waals surface area (Å²) in [5, 5.41) is 3.28. The summed E-state index contributed by atoms with van der Waals surface area (Å²) in [6, 6.07) is 10.2. The van der Waals surface area contributed by atoms with E-state index in [9.17, 15) is 13.2 Å². The molecule has 1 aromatic carbocycles. The topological polar surface area (TPSA) is 66.5 Å². The van der Waals surface area contributed by atoms with Crippen LogP contribution >= 0.6 is 0 Å². The van der Waals surface area contributed by atoms with Gasteiger partial charge in [0.1, 0.15) is 0 Å². The summed E-state index contributed by atoms with van der Waals surface area (Å²) in [6.07, 6.45) is 8.71. The number of sulfonamides is 1. The van der Waals surface area contributed by atoms with E-state index in [1.807, 2.05) is 18.2 Å². The van der Waals surface area contributed by atoms with Gasteiger partial charge in [-0.15, -0.1) is 0 Å². The van der Waals surface area contributed by atoms with E-state index in [0.717, 1.165) is 31.2 Å². The lowest BCUT2D eigenvalue weighted by Gasteiger charge is -2.34. The van der Waals surface area contributed by atoms with Crippen LogP contribution < -0.4 is 5.32 Å². The Labute approximate surface area is 157 Å². The van der Waals surface area contributed by atoms with Crippen molar-refractivity contribution in [3.8, 4) is 0 Å². The molecule has 0 unspecified atom stereocenters. The highest BCUT2D eigenvalue weighted by Crippen LogP contribution is 2.35. The first kappa shape index (κ1) is 19.4. The highest BCUT2D eigenvalue weighted by molar-refractivity contribution is 7.88. The molecule has 2 aliphatic rings. The molecule has 3 rings (SSSR count). The smallest absolute Gasteiger partial charge is 0.224 e. The van der Waals surface area contributed by atoms with Crippen molar-refractivity contribution < 1.29 is 13.2 Å². The number of nitrogens with one attached hydrogen (secondary N) is 1. The van der Waals surface area contributed by atoms with E-state index in [2.05, 4.69) is 17.4 Å². The molecule has 2 fully saturated rings. The van der Waals surface area contributed by atoms with Crippen molar-refractivity contribution in [2.75, 3.05) is 19.3 Å². The summed E-state index contributed by atoms with van der Waals surface area (Å²) < 4.78 is 25.1. The number of rotatable bonds is 5. The summed E-state index contributed by atoms with van der Waals surface area (Å²) in [6.45, 7) is 0.824. The first-order valence-corrected chi connectivity index (χ1v) is 11.6. The monoisotopic (exact) mass is 378 g/mol. The predicted molar refractivity (Wildman–Crippen MR) is 103 cm³/mol. The van der Waals surface area contributed by atoms with E-state index < -0.39 is 10.0 Å². The molecule has 1 saturated carbocycles. The Morgan fingerprint density at radius 2 is 1.77 bits per heavy atom. The van der Waals surface area contributed by atoms with Gasteiger partial charge in [-0.2, -0.15) is 0 Å². The Kier molecular flexibility index (Phi) is 6.35. The molecule has 1 N–H and O–H groups in total. The van der Waals surface area contributed by atoms with Crippen LogP contribution in [0.1, 0.15) is 56.6 Å². The average molecular weight is 379 g/mol. The third kappa shape index (κ3) is 4.86. The van der Waals surface area contributed by atoms with E-state index in [-0.39, 0.29) is 17.9 Å². The Hall–Kier alpha value is -1.40. The maximum Gasteiger partial charge on any atom is 0.224 e. The number of carbonyl (C=O) groups excluding carboxylic acids is 1. The second-order valence-electron chi connectivity index (χ2n) is 7.76. The van der Waals surface area contributed by atoms with Gasteiger partial charge in [0, 0.05) is 13.1 Å². The second-order valence-corrected chi connectivity index (χ2v) is 9.74. The average Bonchev–Trinajstić information content (AvgIpc) is 2.67. The summed E-state index contributed by atoms with van der Waals surface area (Å²) in [7, 11) is -3.24. The van der Waals surface area contributed by atoms with Crippen molar-refractivity contribution in [2.45, 2.75) is 51.0 Å². The van der Waals surface area contributed by atoms with E-state index in [1.165, 1.54) is 29.8 Å². The molecule has 26 heavy (non-hydrogen) atoms. The van der Waals surface area contributed by atoms with E-state index in [0.29, 0.717) is 19.0 Å². The van der Waals surface area contributed by atoms with Gasteiger partial charge in [-0.1, -0.05) is 49.6 Å². The minimum Gasteiger partial charge on any atom is -0.349 e. The number of amides is 1. The largest absolute Gasteiger partial charge is 0.349 e. The quantitative estimate of drug-likeness (QED) is 0.856. The standard InChI is InChI=1S/C20H30N2O3S/c1-26(24,25)22-14-8-13-18(15-22)20(23)21-19(16-9-4-2-5-10-16)17-11-6-3-7-12-17/h2,4-5,9-10,17-19H,3,6-8,11-15H2,1H3,(H,21,23)/t18-,19-/m0/s1. The Balaban J connectivity index is 1.72. The molecular formula is C20H30N2O3S. The highest BCUT2D eigenvalue weighted by atomic mass is 32.2. The molecule has 1 amide bonds. The first-order valence-electron chi connectivity index (χ1n) is 9.75. The number of piperidine rings is 1. The maximum atomic E-state index is 13.0. The van der Waals surface area contributed by atoms with Crippen molar-refractivity contribution >= 4 is 15.9 Å². The Morgan fingerprint density at radius 1 is 1.08 bits per heavy atom. The fourth-order valence-electron chi connectivity index (χ4n) is 4.33. The molecule has 6 heteroatoms. The molecule has 0 aromatic heterocycles. The molecule has 0 bridgehead atoms. The third-order valence-corrected chi connectivity index (χ3v) is 7.07. The number of benzene rings is 1. The number of hydrogen-bond donors (Lipinski definition) is 1. The molecule has 1 aliphatic heterocycles. The zero-order chi connectivity index (χ0) is 18.6. The van der Waals surface area contributed by atoms with Crippen LogP contribution in [0.2, 0.25) is 0 Å². The van der Waals surface area contributed by atoms with Gasteiger partial charge in [0.05, 0.1) is 18.2 Å². The van der Waals surface area contributed by atoms with Gasteiger partial charge in [0.15, 0.2) is 0 Å². The van der Waals surface area contributed by atoms with Gasteiger partial charge in [-0.25, -0.2) is 12.7 Å². The summed E-state index contributed by atoms with van der Waals surface area (Å²) in [4.78, 5) is 13.0. The SMILES string of the molecule is CS(=O)(=O)N1CCC[C@H](C(=O)N[C@@H](c2ccccc2)C2CCCCC2)C1. The van der Waals surface area contributed by atoms with Gasteiger partial charge >= 0.3 is 0 Å². The minimum absolute atomic E-state index is 0.00206. The molecule has 0 spiro atoms. The predicted octanol–water partition coefficient (Wildman–Crippen LogP) is 3.10. The summed E-state index contributed by atoms with van der Waals surface area (Å²) in [5.74, 6) is 0.204. The molecule has 0 radical (unpaired) electrons. The molecule has 1 aromatic rings. The third-order valence-electron chi connectivity index (χ3n) is 5.80. The van der Waals surface area contributed by atoms with Crippen LogP contribution in [-0.2, 0) is 14.8 Å². The maximum absolute atomic E-state index is 13.0. The van der Waals surface area contributed by atoms with E-state index in [4.69, 9.17) is 0 Å². The molecule has 1 heterocycles. The van der Waals surface area contributed by atoms with Gasteiger partial charge < -0.3 is 5.32 Å². The lowest BCUT2D eigenvalue weighted by atomic mass is 9.81. The van der Waals surface area contributed by atoms with Crippen molar-refractivity contribution in [2.24, 2.45) is 11.8 Å². The summed E-state index contributed by atoms with van der Waals surface area (Å²) >= 11 is 0. The van der Waals surface area contributed by atoms with E-state index in [1.54, 1.807) is 0 Å². The van der Waals surface area contributed by atoms with Gasteiger partial charge in [-0.05, 0) is 37.2 Å².